The van der Waals surface area contributed by atoms with E-state index in [0.29, 0.717) is 0 Å². The van der Waals surface area contributed by atoms with Crippen molar-refractivity contribution < 1.29 is 22.7 Å². The van der Waals surface area contributed by atoms with E-state index in [-0.39, 0.29) is 5.41 Å². The van der Waals surface area contributed by atoms with E-state index in [1.54, 1.807) is 0 Å². The molecule has 111 heavy (non-hydrogen) atoms. The van der Waals surface area contributed by atoms with Gasteiger partial charge in [-0.15, -0.1) is 11.3 Å². The largest absolute Gasteiger partial charge is 0.456 e. The van der Waals surface area contributed by atoms with Gasteiger partial charge in [-0.05, 0) is 176 Å². The van der Waals surface area contributed by atoms with Gasteiger partial charge in [-0.3, -0.25) is 0 Å². The highest BCUT2D eigenvalue weighted by Gasteiger charge is 2.55. The number of anilines is 5. The summed E-state index contributed by atoms with van der Waals surface area (Å²) in [6.07, 6.45) is 0. The van der Waals surface area contributed by atoms with Crippen LogP contribution >= 0.6 is 27.3 Å². The molecule has 2 spiro atoms. The number of hydrogen-bond acceptors (Lipinski definition) is 8. The highest BCUT2D eigenvalue weighted by Crippen LogP contribution is 2.67. The molecule has 1 N–H and O–H groups in total. The molecule has 2 aliphatic carbocycles. The van der Waals surface area contributed by atoms with Crippen molar-refractivity contribution in [3.8, 4) is 67.5 Å². The molecule has 4 aliphatic rings. The molecule has 16 aromatic carbocycles. The molecule has 2 aliphatic heterocycles. The minimum Gasteiger partial charge on any atom is -0.456 e. The van der Waals surface area contributed by atoms with Gasteiger partial charge in [0.25, 0.3) is 0 Å². The Morgan fingerprint density at radius 1 is 0.279 bits per heavy atom. The Balaban J connectivity index is 0.000000113. The summed E-state index contributed by atoms with van der Waals surface area (Å²) in [5.74, 6) is 4.31. The molecule has 0 unspecified atom stereocenters. The van der Waals surface area contributed by atoms with E-state index in [9.17, 15) is 0 Å². The Kier molecular flexibility index (Phi) is 15.0. The molecule has 0 amide bonds. The molecule has 524 valence electrons. The molecule has 0 fully saturated rings. The third-order valence-electron chi connectivity index (χ3n) is 22.6. The van der Waals surface area contributed by atoms with E-state index in [1.807, 2.05) is 59.9 Å². The second-order valence-corrected chi connectivity index (χ2v) is 30.6. The second-order valence-electron chi connectivity index (χ2n) is 28.6. The van der Waals surface area contributed by atoms with Crippen LogP contribution in [0.3, 0.4) is 0 Å². The van der Waals surface area contributed by atoms with Gasteiger partial charge in [0.2, 0.25) is 0 Å². The lowest BCUT2D eigenvalue weighted by Gasteiger charge is -2.37. The third-order valence-corrected chi connectivity index (χ3v) is 24.4. The number of nitrogens with one attached hydrogen (secondary N) is 1. The van der Waals surface area contributed by atoms with Crippen LogP contribution in [0.4, 0.5) is 28.4 Å². The lowest BCUT2D eigenvalue weighted by molar-refractivity contribution is 0.389. The van der Waals surface area contributed by atoms with Crippen molar-refractivity contribution in [3.63, 3.8) is 0 Å². The molecule has 6 heterocycles. The van der Waals surface area contributed by atoms with Crippen LogP contribution in [0.1, 0.15) is 44.0 Å². The number of nitrogens with zero attached hydrogens (tertiary/aromatic N) is 1. The van der Waals surface area contributed by atoms with Crippen molar-refractivity contribution in [1.82, 2.24) is 0 Å². The Morgan fingerprint density at radius 2 is 0.703 bits per heavy atom. The first-order chi connectivity index (χ1) is 54.9. The first kappa shape index (κ1) is 64.5. The van der Waals surface area contributed by atoms with E-state index in [4.69, 9.17) is 22.7 Å². The molecule has 20 aromatic rings. The van der Waals surface area contributed by atoms with E-state index < -0.39 is 5.41 Å². The number of hydrogen-bond donors (Lipinski definition) is 1. The van der Waals surface area contributed by atoms with Gasteiger partial charge < -0.3 is 32.9 Å². The summed E-state index contributed by atoms with van der Waals surface area (Å²) >= 11 is 5.50. The fourth-order valence-electron chi connectivity index (χ4n) is 17.8. The zero-order chi connectivity index (χ0) is 73.3. The Morgan fingerprint density at radius 3 is 1.30 bits per heavy atom. The van der Waals surface area contributed by atoms with E-state index in [0.717, 1.165) is 128 Å². The number of para-hydroxylation sites is 4. The highest BCUT2D eigenvalue weighted by molar-refractivity contribution is 9.10. The van der Waals surface area contributed by atoms with Crippen molar-refractivity contribution >= 4 is 121 Å². The van der Waals surface area contributed by atoms with Crippen LogP contribution in [-0.4, -0.2) is 0 Å². The Hall–Kier alpha value is -13.7. The van der Waals surface area contributed by atoms with Crippen LogP contribution in [0.15, 0.2) is 394 Å². The number of furan rings is 3. The molecule has 4 aromatic heterocycles. The SMILES string of the molecule is Brc1ccc2sc3c(c2c1)Oc1ccccc1C31c2ccccc2-c2ccccc21.c1ccc(-c2ccc(N(c3ccc4c(c3)oc3ccccc34)c3ccc4oc5c(c4c3)Oc3ccccc3C53c4ccccc4-c4ccccc43)cc2)cc1.c1ccc(-c2ccc(Nc3ccc4c(c3)oc3ccccc34)cc2)cc1. The summed E-state index contributed by atoms with van der Waals surface area (Å²) in [6.45, 7) is 0. The minimum absolute atomic E-state index is 0.354. The zero-order valence-electron chi connectivity index (χ0n) is 59.6. The maximum atomic E-state index is 7.04. The first-order valence-corrected chi connectivity index (χ1v) is 39.0. The summed E-state index contributed by atoms with van der Waals surface area (Å²) in [4.78, 5) is 3.55. The Bertz CT molecular complexity index is 7000. The monoisotopic (exact) mass is 1510 g/mol. The number of fused-ring (bicyclic) bond motifs is 28. The van der Waals surface area contributed by atoms with E-state index in [1.165, 1.54) is 81.7 Å². The summed E-state index contributed by atoms with van der Waals surface area (Å²) in [7, 11) is 0. The predicted molar refractivity (Wildman–Crippen MR) is 457 cm³/mol. The number of benzene rings is 16. The average molecular weight is 1510 g/mol. The van der Waals surface area contributed by atoms with Crippen LogP contribution in [0.5, 0.6) is 23.0 Å². The second kappa shape index (κ2) is 25.7. The number of ether oxygens (including phenoxy) is 2. The normalized spacial score (nSPS) is 13.2. The molecule has 0 saturated carbocycles. The van der Waals surface area contributed by atoms with Crippen molar-refractivity contribution in [3.05, 3.63) is 425 Å². The standard InChI is InChI=1S/C51H31NO3.C27H15BrOS.C24H17NO/c1-2-12-32(13-3-1)33-22-24-34(25-23-33)52(36-26-28-40-39-16-6-10-20-45(39)53-48(40)31-36)35-27-29-46-41(30-35)49-50(55-46)51(44-19-9-11-21-47(44)54-49)42-17-7-4-14-37(42)38-15-5-8-18-43(38)51;28-16-13-14-24-19(15-16)25-26(30-24)27(22-11-5-6-12-23(22)29-25)20-9-3-1-7-17(20)18-8-2-4-10-21(18)27;1-2-6-17(7-3-1)18-10-12-19(13-11-18)25-20-14-15-22-21-8-4-5-9-23(21)26-24(22)16-20/h1-31H;1-15H;1-16,25H. The highest BCUT2D eigenvalue weighted by atomic mass is 79.9. The van der Waals surface area contributed by atoms with Crippen molar-refractivity contribution in [1.29, 1.82) is 0 Å². The van der Waals surface area contributed by atoms with Crippen LogP contribution in [0, 0.1) is 0 Å². The molecule has 0 saturated heterocycles. The van der Waals surface area contributed by atoms with Crippen LogP contribution in [0.25, 0.3) is 109 Å². The topological polar surface area (TPSA) is 73.2 Å². The van der Waals surface area contributed by atoms with Crippen LogP contribution in [-0.2, 0) is 10.8 Å². The number of thiophene rings is 1. The van der Waals surface area contributed by atoms with E-state index in [2.05, 4.69) is 354 Å². The lowest BCUT2D eigenvalue weighted by atomic mass is 9.69. The van der Waals surface area contributed by atoms with Crippen molar-refractivity contribution in [2.75, 3.05) is 10.2 Å². The molecular formula is C102H63BrN2O5S. The minimum atomic E-state index is -0.671. The average Bonchev–Trinajstić information content (AvgIpc) is 1.53. The number of halogens is 1. The predicted octanol–water partition coefficient (Wildman–Crippen LogP) is 29.1. The molecule has 0 atom stereocenters. The molecule has 9 heteroatoms. The molecule has 0 radical (unpaired) electrons. The van der Waals surface area contributed by atoms with E-state index >= 15 is 0 Å². The van der Waals surface area contributed by atoms with Crippen LogP contribution < -0.4 is 19.7 Å². The first-order valence-electron chi connectivity index (χ1n) is 37.3. The molecule has 0 bridgehead atoms. The zero-order valence-corrected chi connectivity index (χ0v) is 62.0. The van der Waals surface area contributed by atoms with Gasteiger partial charge in [0, 0.05) is 87.8 Å². The fraction of sp³-hybridized carbons (Fsp3) is 0.0196. The van der Waals surface area contributed by atoms with Gasteiger partial charge in [-0.25, -0.2) is 0 Å². The molecule has 24 rings (SSSR count). The maximum absolute atomic E-state index is 7.04. The third kappa shape index (κ3) is 10.2. The van der Waals surface area contributed by atoms with Gasteiger partial charge in [0.1, 0.15) is 44.8 Å². The smallest absolute Gasteiger partial charge is 0.178 e. The summed E-state index contributed by atoms with van der Waals surface area (Å²) in [5, 5.41) is 10.0. The quantitative estimate of drug-likeness (QED) is 0.170. The van der Waals surface area contributed by atoms with Gasteiger partial charge in [0.15, 0.2) is 17.3 Å². The fourth-order valence-corrected chi connectivity index (χ4v) is 19.5. The summed E-state index contributed by atoms with van der Waals surface area (Å²) in [6, 6.07) is 132. The van der Waals surface area contributed by atoms with Gasteiger partial charge in [-0.2, -0.15) is 0 Å². The van der Waals surface area contributed by atoms with Gasteiger partial charge >= 0.3 is 0 Å². The lowest BCUT2D eigenvalue weighted by Crippen LogP contribution is -2.31. The van der Waals surface area contributed by atoms with Crippen molar-refractivity contribution in [2.45, 2.75) is 10.8 Å². The van der Waals surface area contributed by atoms with Crippen LogP contribution in [0.2, 0.25) is 0 Å². The number of rotatable bonds is 7. The van der Waals surface area contributed by atoms with Crippen molar-refractivity contribution in [2.24, 2.45) is 0 Å². The summed E-state index contributed by atoms with van der Waals surface area (Å²) < 4.78 is 35.2. The summed E-state index contributed by atoms with van der Waals surface area (Å²) in [5.41, 5.74) is 25.6. The molecule has 7 nitrogen and oxygen atoms in total. The molecular weight excluding hydrogens is 1450 g/mol. The maximum Gasteiger partial charge on any atom is 0.178 e. The Labute approximate surface area is 651 Å². The van der Waals surface area contributed by atoms with Gasteiger partial charge in [-0.1, -0.05) is 271 Å². The van der Waals surface area contributed by atoms with Gasteiger partial charge in [0.05, 0.1) is 15.7 Å².